The number of anilines is 1. The topological polar surface area (TPSA) is 51.0 Å². The van der Waals surface area contributed by atoms with Crippen LogP contribution < -0.4 is 5.32 Å². The number of aryl methyl sites for hydroxylation is 1. The van der Waals surface area contributed by atoms with Crippen molar-refractivity contribution in [2.75, 3.05) is 5.32 Å². The van der Waals surface area contributed by atoms with E-state index in [1.807, 2.05) is 18.2 Å². The van der Waals surface area contributed by atoms with Crippen molar-refractivity contribution in [1.82, 2.24) is 10.2 Å². The SMILES string of the molecule is Cc1cc(-c2nnco2)ccc1NCc1cc(Br)cs1. The van der Waals surface area contributed by atoms with Crippen LogP contribution in [0.25, 0.3) is 11.5 Å². The minimum Gasteiger partial charge on any atom is -0.423 e. The molecule has 0 aliphatic heterocycles. The highest BCUT2D eigenvalue weighted by atomic mass is 79.9. The molecule has 0 unspecified atom stereocenters. The van der Waals surface area contributed by atoms with E-state index in [2.05, 4.69) is 49.8 Å². The number of hydrogen-bond donors (Lipinski definition) is 1. The summed E-state index contributed by atoms with van der Waals surface area (Å²) in [4.78, 5) is 1.29. The van der Waals surface area contributed by atoms with Gasteiger partial charge in [-0.15, -0.1) is 21.5 Å². The van der Waals surface area contributed by atoms with Gasteiger partial charge in [0.2, 0.25) is 12.3 Å². The third-order valence-corrected chi connectivity index (χ3v) is 4.61. The van der Waals surface area contributed by atoms with Gasteiger partial charge in [0.15, 0.2) is 0 Å². The monoisotopic (exact) mass is 349 g/mol. The normalized spacial score (nSPS) is 10.7. The molecule has 4 nitrogen and oxygen atoms in total. The highest BCUT2D eigenvalue weighted by molar-refractivity contribution is 9.10. The maximum atomic E-state index is 5.20. The second-order valence-corrected chi connectivity index (χ2v) is 6.27. The van der Waals surface area contributed by atoms with Crippen molar-refractivity contribution in [3.05, 3.63) is 51.0 Å². The molecular weight excluding hydrogens is 338 g/mol. The summed E-state index contributed by atoms with van der Waals surface area (Å²) in [7, 11) is 0. The predicted molar refractivity (Wildman–Crippen MR) is 83.8 cm³/mol. The molecule has 0 saturated carbocycles. The Morgan fingerprint density at radius 1 is 1.35 bits per heavy atom. The first kappa shape index (κ1) is 13.3. The number of benzene rings is 1. The van der Waals surface area contributed by atoms with Gasteiger partial charge < -0.3 is 9.73 Å². The number of aromatic nitrogens is 2. The molecule has 0 amide bonds. The first-order chi connectivity index (χ1) is 9.72. The van der Waals surface area contributed by atoms with Crippen molar-refractivity contribution in [1.29, 1.82) is 0 Å². The van der Waals surface area contributed by atoms with E-state index >= 15 is 0 Å². The molecule has 2 aromatic heterocycles. The largest absolute Gasteiger partial charge is 0.423 e. The van der Waals surface area contributed by atoms with Crippen LogP contribution in [0, 0.1) is 6.92 Å². The Kier molecular flexibility index (Phi) is 3.84. The molecule has 0 aliphatic rings. The Morgan fingerprint density at radius 2 is 2.25 bits per heavy atom. The van der Waals surface area contributed by atoms with Gasteiger partial charge in [0.1, 0.15) is 0 Å². The third-order valence-electron chi connectivity index (χ3n) is 2.91. The van der Waals surface area contributed by atoms with E-state index in [1.165, 1.54) is 11.3 Å². The average Bonchev–Trinajstić information content (AvgIpc) is 3.08. The van der Waals surface area contributed by atoms with Gasteiger partial charge in [-0.3, -0.25) is 0 Å². The van der Waals surface area contributed by atoms with E-state index in [-0.39, 0.29) is 0 Å². The molecule has 20 heavy (non-hydrogen) atoms. The molecule has 3 rings (SSSR count). The molecular formula is C14H12BrN3OS. The Bertz CT molecular complexity index is 709. The molecule has 0 bridgehead atoms. The van der Waals surface area contributed by atoms with E-state index in [1.54, 1.807) is 11.3 Å². The van der Waals surface area contributed by atoms with Gasteiger partial charge >= 0.3 is 0 Å². The minimum absolute atomic E-state index is 0.543. The van der Waals surface area contributed by atoms with Gasteiger partial charge in [-0.1, -0.05) is 0 Å². The van der Waals surface area contributed by atoms with Crippen LogP contribution >= 0.6 is 27.3 Å². The van der Waals surface area contributed by atoms with Crippen molar-refractivity contribution in [2.24, 2.45) is 0 Å². The summed E-state index contributed by atoms with van der Waals surface area (Å²) in [5, 5.41) is 13.1. The summed E-state index contributed by atoms with van der Waals surface area (Å²) in [5.74, 6) is 0.543. The molecule has 1 aromatic carbocycles. The second-order valence-electron chi connectivity index (χ2n) is 4.36. The number of hydrogen-bond acceptors (Lipinski definition) is 5. The van der Waals surface area contributed by atoms with Gasteiger partial charge in [0.05, 0.1) is 0 Å². The van der Waals surface area contributed by atoms with Gasteiger partial charge in [0, 0.05) is 32.5 Å². The number of nitrogens with zero attached hydrogens (tertiary/aromatic N) is 2. The van der Waals surface area contributed by atoms with Crippen LogP contribution in [0.3, 0.4) is 0 Å². The van der Waals surface area contributed by atoms with Crippen molar-refractivity contribution in [3.8, 4) is 11.5 Å². The van der Waals surface area contributed by atoms with Crippen molar-refractivity contribution >= 4 is 33.0 Å². The fourth-order valence-electron chi connectivity index (χ4n) is 1.92. The molecule has 3 aromatic rings. The van der Waals surface area contributed by atoms with Crippen LogP contribution in [0.2, 0.25) is 0 Å². The summed E-state index contributed by atoms with van der Waals surface area (Å²) >= 11 is 5.20. The summed E-state index contributed by atoms with van der Waals surface area (Å²) < 4.78 is 6.33. The lowest BCUT2D eigenvalue weighted by Crippen LogP contribution is -1.99. The number of thiophene rings is 1. The van der Waals surface area contributed by atoms with E-state index in [0.29, 0.717) is 5.89 Å². The summed E-state index contributed by atoms with van der Waals surface area (Å²) in [6, 6.07) is 8.19. The second kappa shape index (κ2) is 5.76. The zero-order valence-corrected chi connectivity index (χ0v) is 13.2. The van der Waals surface area contributed by atoms with Gasteiger partial charge in [-0.2, -0.15) is 0 Å². The molecule has 0 atom stereocenters. The van der Waals surface area contributed by atoms with Crippen LogP contribution in [-0.4, -0.2) is 10.2 Å². The summed E-state index contributed by atoms with van der Waals surface area (Å²) in [6.45, 7) is 2.88. The maximum absolute atomic E-state index is 5.20. The summed E-state index contributed by atoms with van der Waals surface area (Å²) in [5.41, 5.74) is 3.19. The molecule has 0 saturated heterocycles. The van der Waals surface area contributed by atoms with E-state index in [4.69, 9.17) is 4.42 Å². The maximum Gasteiger partial charge on any atom is 0.247 e. The number of halogens is 1. The lowest BCUT2D eigenvalue weighted by atomic mass is 10.1. The van der Waals surface area contributed by atoms with Crippen LogP contribution in [-0.2, 0) is 6.54 Å². The Balaban J connectivity index is 1.74. The highest BCUT2D eigenvalue weighted by Crippen LogP contribution is 2.25. The molecule has 0 aliphatic carbocycles. The first-order valence-corrected chi connectivity index (χ1v) is 7.73. The quantitative estimate of drug-likeness (QED) is 0.754. The minimum atomic E-state index is 0.543. The van der Waals surface area contributed by atoms with Crippen molar-refractivity contribution < 1.29 is 4.42 Å². The van der Waals surface area contributed by atoms with Crippen molar-refractivity contribution in [3.63, 3.8) is 0 Å². The molecule has 1 N–H and O–H groups in total. The predicted octanol–water partition coefficient (Wildman–Crippen LogP) is 4.48. The molecule has 0 spiro atoms. The van der Waals surface area contributed by atoms with Gasteiger partial charge in [-0.05, 0) is 52.7 Å². The standard InChI is InChI=1S/C14H12BrN3OS/c1-9-4-10(14-18-17-8-19-14)2-3-13(9)16-6-12-5-11(15)7-20-12/h2-5,7-8,16H,6H2,1H3. The first-order valence-electron chi connectivity index (χ1n) is 6.06. The lowest BCUT2D eigenvalue weighted by Gasteiger charge is -2.09. The van der Waals surface area contributed by atoms with E-state index in [0.717, 1.165) is 27.8 Å². The van der Waals surface area contributed by atoms with Crippen LogP contribution in [0.15, 0.2) is 44.9 Å². The fourth-order valence-corrected chi connectivity index (χ4v) is 3.31. The molecule has 6 heteroatoms. The van der Waals surface area contributed by atoms with Gasteiger partial charge in [0.25, 0.3) is 0 Å². The Hall–Kier alpha value is -1.66. The molecule has 2 heterocycles. The van der Waals surface area contributed by atoms with Gasteiger partial charge in [-0.25, -0.2) is 0 Å². The smallest absolute Gasteiger partial charge is 0.247 e. The third kappa shape index (κ3) is 2.91. The fraction of sp³-hybridized carbons (Fsp3) is 0.143. The van der Waals surface area contributed by atoms with Crippen LogP contribution in [0.4, 0.5) is 5.69 Å². The Labute approximate surface area is 129 Å². The van der Waals surface area contributed by atoms with Crippen molar-refractivity contribution in [2.45, 2.75) is 13.5 Å². The summed E-state index contributed by atoms with van der Waals surface area (Å²) in [6.07, 6.45) is 1.34. The Morgan fingerprint density at radius 3 is 2.90 bits per heavy atom. The number of rotatable bonds is 4. The molecule has 0 radical (unpaired) electrons. The van der Waals surface area contributed by atoms with E-state index in [9.17, 15) is 0 Å². The zero-order valence-electron chi connectivity index (χ0n) is 10.8. The zero-order chi connectivity index (χ0) is 13.9. The van der Waals surface area contributed by atoms with Crippen LogP contribution in [0.1, 0.15) is 10.4 Å². The van der Waals surface area contributed by atoms with Crippen LogP contribution in [0.5, 0.6) is 0 Å². The van der Waals surface area contributed by atoms with E-state index < -0.39 is 0 Å². The molecule has 0 fully saturated rings. The lowest BCUT2D eigenvalue weighted by molar-refractivity contribution is 0.568. The average molecular weight is 350 g/mol. The highest BCUT2D eigenvalue weighted by Gasteiger charge is 2.06. The number of nitrogens with one attached hydrogen (secondary N) is 1. The molecule has 102 valence electrons.